The fourth-order valence-corrected chi connectivity index (χ4v) is 6.90. The molecule has 0 radical (unpaired) electrons. The Hall–Kier alpha value is -2.76. The summed E-state index contributed by atoms with van der Waals surface area (Å²) in [5.74, 6) is -0.893. The van der Waals surface area contributed by atoms with Gasteiger partial charge in [0.1, 0.15) is 10.5 Å². The topological polar surface area (TPSA) is 105 Å². The molecule has 2 aromatic carbocycles. The van der Waals surface area contributed by atoms with E-state index in [1.165, 1.54) is 22.7 Å². The number of aromatic nitrogens is 2. The number of amides is 1. The number of carbonyl (C=O) groups excluding carboxylic acids is 1. The average Bonchev–Trinajstić information content (AvgIpc) is 3.62. The van der Waals surface area contributed by atoms with Crippen molar-refractivity contribution in [3.63, 3.8) is 0 Å². The smallest absolute Gasteiger partial charge is 0.303 e. The van der Waals surface area contributed by atoms with Gasteiger partial charge in [0.05, 0.1) is 45.4 Å². The number of thiazole rings is 2. The van der Waals surface area contributed by atoms with Crippen molar-refractivity contribution in [2.24, 2.45) is 0 Å². The van der Waals surface area contributed by atoms with Crippen molar-refractivity contribution in [2.75, 3.05) is 19.0 Å². The molecule has 0 bridgehead atoms. The number of halogens is 2. The molecule has 2 N–H and O–H groups in total. The number of ether oxygens (including phenoxy) is 1. The average molecular weight is 592 g/mol. The molecule has 0 aliphatic carbocycles. The molecule has 1 fully saturated rings. The van der Waals surface area contributed by atoms with Gasteiger partial charge in [0, 0.05) is 31.1 Å². The molecule has 198 valence electrons. The lowest BCUT2D eigenvalue weighted by atomic mass is 10.1. The number of nitrogens with one attached hydrogen (secondary N) is 1. The molecule has 38 heavy (non-hydrogen) atoms. The van der Waals surface area contributed by atoms with Crippen LogP contribution in [0, 0.1) is 0 Å². The van der Waals surface area contributed by atoms with E-state index in [-0.39, 0.29) is 30.9 Å². The zero-order valence-electron chi connectivity index (χ0n) is 20.3. The summed E-state index contributed by atoms with van der Waals surface area (Å²) in [7, 11) is 1.64. The van der Waals surface area contributed by atoms with Gasteiger partial charge >= 0.3 is 5.97 Å². The van der Waals surface area contributed by atoms with Gasteiger partial charge in [-0.3, -0.25) is 9.59 Å². The van der Waals surface area contributed by atoms with Crippen LogP contribution < -0.4 is 5.32 Å². The molecule has 0 saturated carbocycles. The van der Waals surface area contributed by atoms with Crippen molar-refractivity contribution in [2.45, 2.75) is 37.8 Å². The molecule has 2 aromatic heterocycles. The predicted molar refractivity (Wildman–Crippen MR) is 151 cm³/mol. The van der Waals surface area contributed by atoms with Crippen LogP contribution in [-0.4, -0.2) is 51.6 Å². The molecule has 1 amide bonds. The highest BCUT2D eigenvalue weighted by Gasteiger charge is 2.38. The summed E-state index contributed by atoms with van der Waals surface area (Å²) in [6.07, 6.45) is 2.91. The number of carboxylic acid groups (broad SMARTS) is 1. The number of benzene rings is 2. The van der Waals surface area contributed by atoms with Crippen LogP contribution in [0.1, 0.15) is 34.3 Å². The van der Waals surface area contributed by atoms with Crippen LogP contribution in [0.3, 0.4) is 0 Å². The Labute approximate surface area is 237 Å². The van der Waals surface area contributed by atoms with E-state index in [9.17, 15) is 9.59 Å². The van der Waals surface area contributed by atoms with Crippen molar-refractivity contribution in [1.82, 2.24) is 14.9 Å². The lowest BCUT2D eigenvalue weighted by molar-refractivity contribution is -0.137. The Morgan fingerprint density at radius 1 is 1.21 bits per heavy atom. The second-order valence-corrected chi connectivity index (χ2v) is 11.9. The molecule has 1 saturated heterocycles. The summed E-state index contributed by atoms with van der Waals surface area (Å²) in [5.41, 5.74) is 2.22. The maximum Gasteiger partial charge on any atom is 0.303 e. The van der Waals surface area contributed by atoms with Crippen LogP contribution in [0.15, 0.2) is 42.6 Å². The monoisotopic (exact) mass is 590 g/mol. The van der Waals surface area contributed by atoms with Gasteiger partial charge in [0.15, 0.2) is 5.13 Å². The minimum atomic E-state index is -0.846. The normalized spacial score (nSPS) is 17.3. The highest BCUT2D eigenvalue weighted by molar-refractivity contribution is 7.22. The van der Waals surface area contributed by atoms with Gasteiger partial charge in [-0.25, -0.2) is 9.97 Å². The van der Waals surface area contributed by atoms with Gasteiger partial charge in [-0.05, 0) is 36.2 Å². The molecule has 12 heteroatoms. The van der Waals surface area contributed by atoms with Crippen LogP contribution in [0.25, 0.3) is 10.2 Å². The maximum absolute atomic E-state index is 13.4. The van der Waals surface area contributed by atoms with E-state index >= 15 is 0 Å². The fraction of sp³-hybridized carbons (Fsp3) is 0.308. The number of likely N-dealkylation sites (tertiary alicyclic amines) is 1. The number of methoxy groups -OCH3 is 1. The Morgan fingerprint density at radius 2 is 2.05 bits per heavy atom. The highest BCUT2D eigenvalue weighted by Crippen LogP contribution is 2.37. The number of nitrogens with zero attached hydrogens (tertiary/aromatic N) is 3. The van der Waals surface area contributed by atoms with E-state index in [0.717, 1.165) is 25.7 Å². The Balaban J connectivity index is 1.28. The van der Waals surface area contributed by atoms with Crippen LogP contribution in [-0.2, 0) is 27.2 Å². The molecule has 0 spiro atoms. The van der Waals surface area contributed by atoms with Crippen LogP contribution in [0.2, 0.25) is 10.0 Å². The number of para-hydroxylation sites is 1. The predicted octanol–water partition coefficient (Wildman–Crippen LogP) is 6.35. The zero-order valence-corrected chi connectivity index (χ0v) is 23.5. The van der Waals surface area contributed by atoms with E-state index in [0.29, 0.717) is 40.3 Å². The summed E-state index contributed by atoms with van der Waals surface area (Å²) >= 11 is 15.7. The molecular formula is C26H24Cl2N4O4S2. The molecular weight excluding hydrogens is 567 g/mol. The number of hydrogen-bond acceptors (Lipinski definition) is 8. The summed E-state index contributed by atoms with van der Waals surface area (Å²) in [6.45, 7) is 0.470. The SMILES string of the molecule is CO[C@H]1C[C@@H](c2ncc(CCC(=O)O)s2)N(C(=O)Cc2ccc(Nc3nc4c(Cl)cccc4s3)c(Cl)c2)C1. The van der Waals surface area contributed by atoms with Crippen molar-refractivity contribution < 1.29 is 19.4 Å². The molecule has 1 aliphatic heterocycles. The number of aryl methyl sites for hydroxylation is 1. The van der Waals surface area contributed by atoms with Crippen molar-refractivity contribution >= 4 is 78.8 Å². The van der Waals surface area contributed by atoms with Gasteiger partial charge in [0.25, 0.3) is 0 Å². The first-order chi connectivity index (χ1) is 18.3. The molecule has 3 heterocycles. The quantitative estimate of drug-likeness (QED) is 0.234. The number of rotatable bonds is 9. The lowest BCUT2D eigenvalue weighted by Crippen LogP contribution is -2.33. The molecule has 0 unspecified atom stereocenters. The van der Waals surface area contributed by atoms with Crippen LogP contribution in [0.5, 0.6) is 0 Å². The van der Waals surface area contributed by atoms with E-state index < -0.39 is 5.97 Å². The van der Waals surface area contributed by atoms with E-state index in [1.54, 1.807) is 30.3 Å². The molecule has 1 aliphatic rings. The lowest BCUT2D eigenvalue weighted by Gasteiger charge is -2.23. The first kappa shape index (κ1) is 26.8. The summed E-state index contributed by atoms with van der Waals surface area (Å²) in [4.78, 5) is 36.1. The summed E-state index contributed by atoms with van der Waals surface area (Å²) < 4.78 is 6.54. The summed E-state index contributed by atoms with van der Waals surface area (Å²) in [6, 6.07) is 10.9. The largest absolute Gasteiger partial charge is 0.481 e. The van der Waals surface area contributed by atoms with E-state index in [2.05, 4.69) is 15.3 Å². The number of anilines is 2. The highest BCUT2D eigenvalue weighted by atomic mass is 35.5. The van der Waals surface area contributed by atoms with Gasteiger partial charge in [-0.15, -0.1) is 11.3 Å². The zero-order chi connectivity index (χ0) is 26.8. The Kier molecular flexibility index (Phi) is 8.15. The molecule has 5 rings (SSSR count). The third-order valence-corrected chi connectivity index (χ3v) is 9.07. The summed E-state index contributed by atoms with van der Waals surface area (Å²) in [5, 5.41) is 14.8. The van der Waals surface area contributed by atoms with Crippen LogP contribution >= 0.6 is 45.9 Å². The standard InChI is InChI=1S/C26H24Cl2N4O4S2/c1-36-15-11-20(25-29-12-16(37-25)6-8-23(34)35)32(13-15)22(33)10-14-5-7-19(18(28)9-14)30-26-31-24-17(27)3-2-4-21(24)38-26/h2-5,7,9,12,15,20H,6,8,10-11,13H2,1H3,(H,30,31)(H,34,35)/t15-,20-/m0/s1. The number of carbonyl (C=O) groups is 2. The fourth-order valence-electron chi connectivity index (χ4n) is 4.43. The van der Waals surface area contributed by atoms with Crippen LogP contribution in [0.4, 0.5) is 10.8 Å². The minimum absolute atomic E-state index is 0.0468. The number of hydrogen-bond donors (Lipinski definition) is 2. The van der Waals surface area contributed by atoms with E-state index in [4.69, 9.17) is 33.0 Å². The first-order valence-corrected chi connectivity index (χ1v) is 14.3. The van der Waals surface area contributed by atoms with Crippen molar-refractivity contribution in [3.8, 4) is 0 Å². The van der Waals surface area contributed by atoms with E-state index in [1.807, 2.05) is 24.3 Å². The molecule has 4 aromatic rings. The second kappa shape index (κ2) is 11.5. The Bertz CT molecular complexity index is 1490. The van der Waals surface area contributed by atoms with Crippen molar-refractivity contribution in [1.29, 1.82) is 0 Å². The molecule has 2 atom stereocenters. The first-order valence-electron chi connectivity index (χ1n) is 11.9. The number of fused-ring (bicyclic) bond motifs is 1. The van der Waals surface area contributed by atoms with Gasteiger partial charge in [0.2, 0.25) is 5.91 Å². The third kappa shape index (κ3) is 5.94. The maximum atomic E-state index is 13.4. The second-order valence-electron chi connectivity index (χ2n) is 8.94. The van der Waals surface area contributed by atoms with Gasteiger partial charge in [-0.2, -0.15) is 0 Å². The Morgan fingerprint density at radius 3 is 2.79 bits per heavy atom. The minimum Gasteiger partial charge on any atom is -0.481 e. The van der Waals surface area contributed by atoms with Gasteiger partial charge in [-0.1, -0.05) is 46.7 Å². The number of aliphatic carboxylic acids is 1. The molecule has 8 nitrogen and oxygen atoms in total. The van der Waals surface area contributed by atoms with Gasteiger partial charge < -0.3 is 20.1 Å². The third-order valence-electron chi connectivity index (χ3n) is 6.36. The van der Waals surface area contributed by atoms with Crippen molar-refractivity contribution in [3.05, 3.63) is 68.1 Å². The number of carboxylic acids is 1.